The zero-order valence-electron chi connectivity index (χ0n) is 12.2. The minimum atomic E-state index is 0.0903. The van der Waals surface area contributed by atoms with Crippen LogP contribution in [-0.4, -0.2) is 33.7 Å². The number of carbonyl (C=O) groups excluding carboxylic acids is 1. The molecule has 0 N–H and O–H groups in total. The lowest BCUT2D eigenvalue weighted by atomic mass is 10.0. The van der Waals surface area contributed by atoms with Gasteiger partial charge in [0.25, 0.3) is 5.91 Å². The summed E-state index contributed by atoms with van der Waals surface area (Å²) in [7, 11) is 1.82. The molecule has 1 aromatic rings. The lowest BCUT2D eigenvalue weighted by molar-refractivity contribution is 0.0724. The predicted octanol–water partition coefficient (Wildman–Crippen LogP) is 2.63. The minimum Gasteiger partial charge on any atom is -0.337 e. The highest BCUT2D eigenvalue weighted by Crippen LogP contribution is 2.13. The van der Waals surface area contributed by atoms with Gasteiger partial charge in [0, 0.05) is 20.1 Å². The van der Waals surface area contributed by atoms with Gasteiger partial charge < -0.3 is 4.90 Å². The molecule has 4 heteroatoms. The topological polar surface area (TPSA) is 38.1 Å². The summed E-state index contributed by atoms with van der Waals surface area (Å²) in [5.41, 5.74) is 1.57. The Morgan fingerprint density at radius 2 is 2.00 bits per heavy atom. The minimum absolute atomic E-state index is 0.0903. The molecular formula is C14H25N3O. The molecule has 0 unspecified atom stereocenters. The Kier molecular flexibility index (Phi) is 5.38. The number of aromatic nitrogens is 2. The molecule has 0 saturated carbocycles. The van der Waals surface area contributed by atoms with Gasteiger partial charge in [0.2, 0.25) is 0 Å². The number of aryl methyl sites for hydroxylation is 2. The normalized spacial score (nSPS) is 11.0. The van der Waals surface area contributed by atoms with Gasteiger partial charge in [-0.25, -0.2) is 0 Å². The first-order valence-corrected chi connectivity index (χ1v) is 6.83. The average Bonchev–Trinajstić information content (AvgIpc) is 2.69. The molecule has 1 rings (SSSR count). The van der Waals surface area contributed by atoms with E-state index in [1.165, 1.54) is 0 Å². The van der Waals surface area contributed by atoms with Crippen LogP contribution >= 0.6 is 0 Å². The summed E-state index contributed by atoms with van der Waals surface area (Å²) in [6.45, 7) is 9.89. The molecule has 18 heavy (non-hydrogen) atoms. The molecule has 102 valence electrons. The standard InChI is InChI=1S/C14H25N3O/c1-6-12(7-2)10-17(8-3)14(18)13-9-11(4)15-16(13)5/h9,12H,6-8,10H2,1-5H3. The molecule has 0 aromatic carbocycles. The molecule has 0 aliphatic carbocycles. The Bertz CT molecular complexity index is 394. The van der Waals surface area contributed by atoms with Crippen LogP contribution in [0.1, 0.15) is 49.8 Å². The smallest absolute Gasteiger partial charge is 0.272 e. The first-order chi connectivity index (χ1) is 8.53. The first-order valence-electron chi connectivity index (χ1n) is 6.83. The maximum Gasteiger partial charge on any atom is 0.272 e. The second kappa shape index (κ2) is 6.57. The fourth-order valence-corrected chi connectivity index (χ4v) is 2.19. The van der Waals surface area contributed by atoms with Crippen molar-refractivity contribution < 1.29 is 4.79 Å². The summed E-state index contributed by atoms with van der Waals surface area (Å²) >= 11 is 0. The molecule has 0 bridgehead atoms. The predicted molar refractivity (Wildman–Crippen MR) is 73.6 cm³/mol. The lowest BCUT2D eigenvalue weighted by Crippen LogP contribution is -2.36. The Morgan fingerprint density at radius 3 is 2.39 bits per heavy atom. The van der Waals surface area contributed by atoms with Gasteiger partial charge in [-0.2, -0.15) is 5.10 Å². The maximum absolute atomic E-state index is 12.4. The van der Waals surface area contributed by atoms with Crippen LogP contribution in [0.5, 0.6) is 0 Å². The van der Waals surface area contributed by atoms with Crippen molar-refractivity contribution in [1.82, 2.24) is 14.7 Å². The summed E-state index contributed by atoms with van der Waals surface area (Å²) in [6.07, 6.45) is 2.23. The third-order valence-electron chi connectivity index (χ3n) is 3.52. The number of hydrogen-bond donors (Lipinski definition) is 0. The van der Waals surface area contributed by atoms with E-state index in [-0.39, 0.29) is 5.91 Å². The number of hydrogen-bond acceptors (Lipinski definition) is 2. The van der Waals surface area contributed by atoms with E-state index >= 15 is 0 Å². The Balaban J connectivity index is 2.82. The van der Waals surface area contributed by atoms with Crippen LogP contribution in [0.25, 0.3) is 0 Å². The second-order valence-electron chi connectivity index (χ2n) is 4.82. The van der Waals surface area contributed by atoms with Crippen LogP contribution in [0.15, 0.2) is 6.07 Å². The van der Waals surface area contributed by atoms with Crippen molar-refractivity contribution in [1.29, 1.82) is 0 Å². The van der Waals surface area contributed by atoms with E-state index in [9.17, 15) is 4.79 Å². The summed E-state index contributed by atoms with van der Waals surface area (Å²) in [6, 6.07) is 1.86. The third kappa shape index (κ3) is 3.34. The molecule has 0 atom stereocenters. The van der Waals surface area contributed by atoms with Crippen LogP contribution in [0.2, 0.25) is 0 Å². The van der Waals surface area contributed by atoms with Gasteiger partial charge in [-0.05, 0) is 25.8 Å². The number of carbonyl (C=O) groups is 1. The zero-order chi connectivity index (χ0) is 13.7. The van der Waals surface area contributed by atoms with Crippen molar-refractivity contribution in [3.05, 3.63) is 17.5 Å². The van der Waals surface area contributed by atoms with Gasteiger partial charge in [-0.3, -0.25) is 9.48 Å². The van der Waals surface area contributed by atoms with E-state index in [1.807, 2.05) is 31.9 Å². The van der Waals surface area contributed by atoms with E-state index in [0.29, 0.717) is 11.6 Å². The highest BCUT2D eigenvalue weighted by Gasteiger charge is 2.20. The van der Waals surface area contributed by atoms with Crippen LogP contribution in [0, 0.1) is 12.8 Å². The average molecular weight is 251 g/mol. The van der Waals surface area contributed by atoms with E-state index in [4.69, 9.17) is 0 Å². The van der Waals surface area contributed by atoms with Gasteiger partial charge in [0.15, 0.2) is 0 Å². The molecule has 1 amide bonds. The molecule has 1 aromatic heterocycles. The van der Waals surface area contributed by atoms with Crippen LogP contribution in [0.4, 0.5) is 0 Å². The Morgan fingerprint density at radius 1 is 1.39 bits per heavy atom. The molecule has 4 nitrogen and oxygen atoms in total. The van der Waals surface area contributed by atoms with E-state index in [2.05, 4.69) is 18.9 Å². The van der Waals surface area contributed by atoms with Crippen molar-refractivity contribution in [2.75, 3.05) is 13.1 Å². The van der Waals surface area contributed by atoms with Crippen molar-refractivity contribution in [3.63, 3.8) is 0 Å². The van der Waals surface area contributed by atoms with Gasteiger partial charge in [0.1, 0.15) is 5.69 Å². The molecule has 0 fully saturated rings. The Labute approximate surface area is 110 Å². The lowest BCUT2D eigenvalue weighted by Gasteiger charge is -2.25. The molecule has 1 heterocycles. The van der Waals surface area contributed by atoms with Gasteiger partial charge in [-0.15, -0.1) is 0 Å². The summed E-state index contributed by atoms with van der Waals surface area (Å²) in [5.74, 6) is 0.677. The first kappa shape index (κ1) is 14.7. The molecule has 0 aliphatic rings. The number of amides is 1. The maximum atomic E-state index is 12.4. The number of nitrogens with zero attached hydrogens (tertiary/aromatic N) is 3. The van der Waals surface area contributed by atoms with Crippen molar-refractivity contribution in [2.24, 2.45) is 13.0 Å². The highest BCUT2D eigenvalue weighted by molar-refractivity contribution is 5.92. The van der Waals surface area contributed by atoms with Crippen LogP contribution < -0.4 is 0 Å². The monoisotopic (exact) mass is 251 g/mol. The van der Waals surface area contributed by atoms with Crippen LogP contribution in [0.3, 0.4) is 0 Å². The SMILES string of the molecule is CCC(CC)CN(CC)C(=O)c1cc(C)nn1C. The molecule has 0 spiro atoms. The van der Waals surface area contributed by atoms with Crippen molar-refractivity contribution >= 4 is 5.91 Å². The van der Waals surface area contributed by atoms with Crippen molar-refractivity contribution in [3.8, 4) is 0 Å². The summed E-state index contributed by atoms with van der Waals surface area (Å²) < 4.78 is 1.67. The molecule has 0 radical (unpaired) electrons. The molecular weight excluding hydrogens is 226 g/mol. The van der Waals surface area contributed by atoms with Crippen molar-refractivity contribution in [2.45, 2.75) is 40.5 Å². The van der Waals surface area contributed by atoms with Crippen LogP contribution in [-0.2, 0) is 7.05 Å². The van der Waals surface area contributed by atoms with Gasteiger partial charge in [-0.1, -0.05) is 26.7 Å². The summed E-state index contributed by atoms with van der Waals surface area (Å²) in [5, 5.41) is 4.24. The van der Waals surface area contributed by atoms with E-state index in [0.717, 1.165) is 31.6 Å². The quantitative estimate of drug-likeness (QED) is 0.779. The van der Waals surface area contributed by atoms with Gasteiger partial charge in [0.05, 0.1) is 5.69 Å². The van der Waals surface area contributed by atoms with E-state index in [1.54, 1.807) is 4.68 Å². The third-order valence-corrected chi connectivity index (χ3v) is 3.52. The fraction of sp³-hybridized carbons (Fsp3) is 0.714. The molecule has 0 aliphatic heterocycles. The Hall–Kier alpha value is -1.32. The zero-order valence-corrected chi connectivity index (χ0v) is 12.2. The van der Waals surface area contributed by atoms with E-state index < -0.39 is 0 Å². The summed E-state index contributed by atoms with van der Waals surface area (Å²) in [4.78, 5) is 14.4. The second-order valence-corrected chi connectivity index (χ2v) is 4.82. The fourth-order valence-electron chi connectivity index (χ4n) is 2.19. The largest absolute Gasteiger partial charge is 0.337 e. The number of rotatable bonds is 6. The highest BCUT2D eigenvalue weighted by atomic mass is 16.2. The molecule has 0 saturated heterocycles. The van der Waals surface area contributed by atoms with Gasteiger partial charge >= 0.3 is 0 Å².